The summed E-state index contributed by atoms with van der Waals surface area (Å²) in [6.45, 7) is 7.92. The van der Waals surface area contributed by atoms with Crippen LogP contribution in [0.2, 0.25) is 10.0 Å². The Morgan fingerprint density at radius 2 is 1.19 bits per heavy atom. The highest BCUT2D eigenvalue weighted by Crippen LogP contribution is 2.23. The molecule has 0 saturated heterocycles. The van der Waals surface area contributed by atoms with Gasteiger partial charge < -0.3 is 9.97 Å². The van der Waals surface area contributed by atoms with Gasteiger partial charge in [-0.2, -0.15) is 15.2 Å². The fourth-order valence-corrected chi connectivity index (χ4v) is 6.66. The molecular weight excluding hydrogens is 779 g/mol. The minimum Gasteiger partial charge on any atom is -0.303 e. The van der Waals surface area contributed by atoms with E-state index in [0.29, 0.717) is 74.1 Å². The molecule has 2 N–H and O–H groups in total. The number of nitrogens with one attached hydrogen (secondary N) is 2. The number of fused-ring (bicyclic) bond motifs is 4. The second kappa shape index (κ2) is 14.6. The van der Waals surface area contributed by atoms with E-state index in [1.54, 1.807) is 104 Å². The predicted octanol–water partition coefficient (Wildman–Crippen LogP) is 6.74. The van der Waals surface area contributed by atoms with E-state index in [1.165, 1.54) is 0 Å². The zero-order valence-electron chi connectivity index (χ0n) is 29.7. The number of hydrogen-bond acceptors (Lipinski definition) is 9. The van der Waals surface area contributed by atoms with E-state index in [4.69, 9.17) is 35.0 Å². The Hall–Kier alpha value is -7.92. The van der Waals surface area contributed by atoms with Crippen LogP contribution < -0.4 is 11.4 Å². The molecule has 10 rings (SSSR count). The summed E-state index contributed by atoms with van der Waals surface area (Å²) in [6, 6.07) is 27.1. The predicted molar refractivity (Wildman–Crippen MR) is 218 cm³/mol. The van der Waals surface area contributed by atoms with Gasteiger partial charge in [0.25, 0.3) is 0 Å². The molecule has 0 bridgehead atoms. The Kier molecular flexibility index (Phi) is 9.02. The number of rotatable bonds is 6. The molecule has 0 aliphatic rings. The fraction of sp³-hybridized carbons (Fsp3) is 0.0500. The van der Waals surface area contributed by atoms with Gasteiger partial charge in [-0.05, 0) is 65.7 Å². The number of H-pyrrole nitrogens is 2. The summed E-state index contributed by atoms with van der Waals surface area (Å²) in [5.41, 5.74) is 7.29. The van der Waals surface area contributed by atoms with E-state index < -0.39 is 0 Å². The normalized spacial score (nSPS) is 11.2. The lowest BCUT2D eigenvalue weighted by Gasteiger charge is -2.06. The van der Waals surface area contributed by atoms with E-state index in [2.05, 4.69) is 50.8 Å². The van der Waals surface area contributed by atoms with Crippen molar-refractivity contribution in [1.29, 1.82) is 5.26 Å². The molecule has 58 heavy (non-hydrogen) atoms. The largest absolute Gasteiger partial charge is 0.328 e. The van der Waals surface area contributed by atoms with Crippen LogP contribution in [-0.2, 0) is 13.1 Å². The molecule has 0 aliphatic heterocycles. The second-order valence-corrected chi connectivity index (χ2v) is 13.8. The van der Waals surface area contributed by atoms with Gasteiger partial charge in [-0.15, -0.1) is 0 Å². The third kappa shape index (κ3) is 6.70. The number of imidazole rings is 4. The van der Waals surface area contributed by atoms with E-state index in [1.807, 2.05) is 24.3 Å². The lowest BCUT2D eigenvalue weighted by atomic mass is 10.2. The number of nitriles is 1. The van der Waals surface area contributed by atoms with Crippen molar-refractivity contribution in [2.45, 2.75) is 13.1 Å². The lowest BCUT2D eigenvalue weighted by molar-refractivity contribution is 0.774. The third-order valence-corrected chi connectivity index (χ3v) is 9.78. The van der Waals surface area contributed by atoms with Crippen molar-refractivity contribution >= 4 is 73.3 Å². The average molecular weight is 804 g/mol. The van der Waals surface area contributed by atoms with Crippen LogP contribution in [0.4, 0.5) is 5.69 Å². The van der Waals surface area contributed by atoms with Gasteiger partial charge in [-0.1, -0.05) is 53.5 Å². The van der Waals surface area contributed by atoms with Gasteiger partial charge in [0.15, 0.2) is 17.0 Å². The summed E-state index contributed by atoms with van der Waals surface area (Å²) in [7, 11) is 0. The highest BCUT2D eigenvalue weighted by Gasteiger charge is 2.16. The van der Waals surface area contributed by atoms with E-state index in [9.17, 15) is 9.59 Å². The van der Waals surface area contributed by atoms with Crippen LogP contribution in [0.1, 0.15) is 16.7 Å². The van der Waals surface area contributed by atoms with Gasteiger partial charge in [0.05, 0.1) is 65.8 Å². The molecule has 16 nitrogen and oxygen atoms in total. The smallest absolute Gasteiger partial charge is 0.303 e. The number of benzene rings is 4. The van der Waals surface area contributed by atoms with E-state index in [0.717, 1.165) is 27.7 Å². The van der Waals surface area contributed by atoms with Gasteiger partial charge >= 0.3 is 11.4 Å². The fourth-order valence-electron chi connectivity index (χ4n) is 6.41. The quantitative estimate of drug-likeness (QED) is 0.171. The molecule has 0 unspecified atom stereocenters. The van der Waals surface area contributed by atoms with Gasteiger partial charge in [0.2, 0.25) is 11.9 Å². The van der Waals surface area contributed by atoms with Crippen LogP contribution in [0.3, 0.4) is 0 Å². The first-order chi connectivity index (χ1) is 28.2. The molecule has 6 aromatic heterocycles. The van der Waals surface area contributed by atoms with Crippen LogP contribution in [0.5, 0.6) is 0 Å². The molecule has 0 amide bonds. The van der Waals surface area contributed by atoms with Crippen LogP contribution in [-0.4, -0.2) is 58.1 Å². The molecule has 4 aromatic carbocycles. The molecule has 6 heterocycles. The van der Waals surface area contributed by atoms with Gasteiger partial charge in [0.1, 0.15) is 23.7 Å². The van der Waals surface area contributed by atoms with Gasteiger partial charge in [-0.25, -0.2) is 34.4 Å². The van der Waals surface area contributed by atoms with Crippen molar-refractivity contribution in [3.63, 3.8) is 0 Å². The van der Waals surface area contributed by atoms with Crippen molar-refractivity contribution in [2.24, 2.45) is 0 Å². The van der Waals surface area contributed by atoms with Crippen molar-refractivity contribution in [1.82, 2.24) is 58.1 Å². The molecule has 18 heteroatoms. The zero-order valence-corrected chi connectivity index (χ0v) is 31.3. The minimum absolute atomic E-state index is 0.268. The molecule has 0 aliphatic carbocycles. The van der Waals surface area contributed by atoms with Gasteiger partial charge in [0, 0.05) is 10.0 Å². The third-order valence-electron chi connectivity index (χ3n) is 9.27. The summed E-state index contributed by atoms with van der Waals surface area (Å²) in [5.74, 6) is 0.750. The molecular formula is C40H24Cl2N14O2. The number of halogens is 2. The lowest BCUT2D eigenvalue weighted by Crippen LogP contribution is -2.18. The highest BCUT2D eigenvalue weighted by atomic mass is 35.5. The first-order valence-corrected chi connectivity index (χ1v) is 18.1. The SMILES string of the molecule is N#Cc1ccc2c(c1)ncn2-c1ncc2[nH]c(=O)n(Cc3ccc(Cl)cc3)c2n1.[C-]#[N+]c1ccc2ncn(-c3ncc4[nH]c(=O)n(Cc5ccc(Cl)cc5)c4n3)c2c1. The zero-order chi connectivity index (χ0) is 39.9. The van der Waals surface area contributed by atoms with E-state index in [-0.39, 0.29) is 11.4 Å². The van der Waals surface area contributed by atoms with Crippen LogP contribution in [0.25, 0.3) is 61.1 Å². The maximum atomic E-state index is 12.5. The Labute approximate surface area is 335 Å². The molecule has 10 aromatic rings. The van der Waals surface area contributed by atoms with Crippen molar-refractivity contribution in [3.8, 4) is 18.0 Å². The van der Waals surface area contributed by atoms with Crippen molar-refractivity contribution in [2.75, 3.05) is 0 Å². The Bertz CT molecular complexity index is 3400. The molecule has 280 valence electrons. The molecule has 0 fully saturated rings. The summed E-state index contributed by atoms with van der Waals surface area (Å²) in [5, 5.41) is 10.3. The van der Waals surface area contributed by atoms with E-state index >= 15 is 0 Å². The number of aromatic amines is 2. The van der Waals surface area contributed by atoms with Crippen LogP contribution >= 0.6 is 23.2 Å². The summed E-state index contributed by atoms with van der Waals surface area (Å²) in [6.07, 6.45) is 6.35. The monoisotopic (exact) mass is 802 g/mol. The first kappa shape index (κ1) is 35.8. The Balaban J connectivity index is 0.000000150. The molecule has 0 saturated carbocycles. The number of aromatic nitrogens is 12. The molecule has 0 spiro atoms. The molecule has 0 atom stereocenters. The summed E-state index contributed by atoms with van der Waals surface area (Å²) in [4.78, 5) is 60.5. The Morgan fingerprint density at radius 3 is 1.72 bits per heavy atom. The average Bonchev–Trinajstić information content (AvgIpc) is 4.02. The van der Waals surface area contributed by atoms with Crippen molar-refractivity contribution in [3.05, 3.63) is 169 Å². The maximum Gasteiger partial charge on any atom is 0.328 e. The summed E-state index contributed by atoms with van der Waals surface area (Å²) >= 11 is 11.9. The highest BCUT2D eigenvalue weighted by molar-refractivity contribution is 6.30. The van der Waals surface area contributed by atoms with Crippen LogP contribution in [0.15, 0.2) is 120 Å². The topological polar surface area (TPSA) is 191 Å². The van der Waals surface area contributed by atoms with Crippen LogP contribution in [0, 0.1) is 17.9 Å². The molecule has 0 radical (unpaired) electrons. The first-order valence-electron chi connectivity index (χ1n) is 17.4. The van der Waals surface area contributed by atoms with Gasteiger partial charge in [-0.3, -0.25) is 18.3 Å². The Morgan fingerprint density at radius 1 is 0.655 bits per heavy atom. The van der Waals surface area contributed by atoms with Crippen molar-refractivity contribution < 1.29 is 0 Å². The second-order valence-electron chi connectivity index (χ2n) is 12.9. The summed E-state index contributed by atoms with van der Waals surface area (Å²) < 4.78 is 6.53. The number of nitrogens with zero attached hydrogens (tertiary/aromatic N) is 12. The number of hydrogen-bond donors (Lipinski definition) is 2. The standard InChI is InChI=1S/2C20H12ClN7O/c1-22-14-6-7-15-17(8-14)28(11-24-15)19-23-9-16-18(26-19)27(20(29)25-16)10-12-2-4-13(21)5-3-12;21-14-4-1-12(2-5-14)10-27-18-16(25-20(27)29)9-23-19(26-18)28-11-24-15-7-13(8-22)3-6-17(15)28/h2-9,11H,10H2,(H,25,29);1-7,9,11H,10H2,(H,25,29). The minimum atomic E-state index is -0.271. The maximum absolute atomic E-state index is 12.5.